The van der Waals surface area contributed by atoms with Crippen molar-refractivity contribution in [2.75, 3.05) is 0 Å². The third-order valence-corrected chi connectivity index (χ3v) is 6.02. The van der Waals surface area contributed by atoms with Crippen molar-refractivity contribution in [3.63, 3.8) is 0 Å². The lowest BCUT2D eigenvalue weighted by Gasteiger charge is -2.10. The van der Waals surface area contributed by atoms with E-state index in [1.165, 1.54) is 5.56 Å². The van der Waals surface area contributed by atoms with Gasteiger partial charge in [-0.2, -0.15) is 0 Å². The third kappa shape index (κ3) is 3.08. The van der Waals surface area contributed by atoms with E-state index < -0.39 is 0 Å². The number of fused-ring (bicyclic) bond motifs is 1. The first-order valence-electron chi connectivity index (χ1n) is 8.04. The van der Waals surface area contributed by atoms with Crippen molar-refractivity contribution in [3.05, 3.63) is 86.9 Å². The van der Waals surface area contributed by atoms with E-state index in [4.69, 9.17) is 0 Å². The Balaban J connectivity index is 1.72. The fourth-order valence-electron chi connectivity index (χ4n) is 2.73. The van der Waals surface area contributed by atoms with Crippen LogP contribution in [0.3, 0.4) is 0 Å². The molecule has 5 nitrogen and oxygen atoms in total. The summed E-state index contributed by atoms with van der Waals surface area (Å²) in [5, 5.41) is 9.02. The maximum Gasteiger partial charge on any atom is 0.300 e. The van der Waals surface area contributed by atoms with Gasteiger partial charge in [0.15, 0.2) is 5.16 Å². The van der Waals surface area contributed by atoms with Gasteiger partial charge in [-0.1, -0.05) is 64.1 Å². The number of aromatic nitrogens is 4. The number of benzene rings is 2. The van der Waals surface area contributed by atoms with Crippen molar-refractivity contribution in [3.8, 4) is 5.69 Å². The topological polar surface area (TPSA) is 52.2 Å². The summed E-state index contributed by atoms with van der Waals surface area (Å²) in [6.07, 6.45) is 3.60. The molecule has 4 aromatic rings. The zero-order valence-corrected chi connectivity index (χ0v) is 16.4. The number of rotatable bonds is 4. The SMILES string of the molecule is Cc1c(Br)cccc1-n1ccn2c(SCc3ccccc3)nnc2c1=O. The van der Waals surface area contributed by atoms with Crippen molar-refractivity contribution < 1.29 is 0 Å². The minimum atomic E-state index is -0.187. The molecule has 0 unspecified atom stereocenters. The summed E-state index contributed by atoms with van der Waals surface area (Å²) >= 11 is 5.07. The Labute approximate surface area is 162 Å². The van der Waals surface area contributed by atoms with Gasteiger partial charge in [-0.3, -0.25) is 13.8 Å². The van der Waals surface area contributed by atoms with Crippen LogP contribution in [0, 0.1) is 6.92 Å². The smallest absolute Gasteiger partial charge is 0.279 e. The first kappa shape index (κ1) is 17.1. The van der Waals surface area contributed by atoms with Gasteiger partial charge in [-0.25, -0.2) is 0 Å². The third-order valence-electron chi connectivity index (χ3n) is 4.15. The minimum Gasteiger partial charge on any atom is -0.279 e. The zero-order chi connectivity index (χ0) is 18.1. The molecular weight excluding hydrogens is 412 g/mol. The second kappa shape index (κ2) is 7.09. The molecule has 0 fully saturated rings. The first-order chi connectivity index (χ1) is 12.6. The molecule has 130 valence electrons. The fraction of sp³-hybridized carbons (Fsp3) is 0.105. The lowest BCUT2D eigenvalue weighted by molar-refractivity contribution is 0.890. The van der Waals surface area contributed by atoms with E-state index in [0.717, 1.165) is 21.5 Å². The molecule has 0 radical (unpaired) electrons. The molecule has 0 saturated heterocycles. The Bertz CT molecular complexity index is 1140. The van der Waals surface area contributed by atoms with Gasteiger partial charge in [-0.05, 0) is 30.2 Å². The quantitative estimate of drug-likeness (QED) is 0.457. The van der Waals surface area contributed by atoms with Crippen LogP contribution in [0.25, 0.3) is 11.3 Å². The largest absolute Gasteiger partial charge is 0.300 e. The van der Waals surface area contributed by atoms with E-state index in [9.17, 15) is 4.79 Å². The first-order valence-corrected chi connectivity index (χ1v) is 9.81. The molecule has 0 aliphatic rings. The summed E-state index contributed by atoms with van der Waals surface area (Å²) in [5.74, 6) is 0.773. The number of halogens is 1. The van der Waals surface area contributed by atoms with Gasteiger partial charge in [0.1, 0.15) is 0 Å². The van der Waals surface area contributed by atoms with Crippen LogP contribution >= 0.6 is 27.7 Å². The van der Waals surface area contributed by atoms with E-state index in [1.807, 2.05) is 49.5 Å². The van der Waals surface area contributed by atoms with Crippen molar-refractivity contribution >= 4 is 33.3 Å². The zero-order valence-electron chi connectivity index (χ0n) is 14.0. The number of thioether (sulfide) groups is 1. The van der Waals surface area contributed by atoms with Crippen molar-refractivity contribution in [1.29, 1.82) is 0 Å². The molecule has 0 saturated carbocycles. The number of hydrogen-bond donors (Lipinski definition) is 0. The van der Waals surface area contributed by atoms with E-state index in [2.05, 4.69) is 38.3 Å². The van der Waals surface area contributed by atoms with Gasteiger partial charge in [0.2, 0.25) is 5.65 Å². The molecule has 2 heterocycles. The van der Waals surface area contributed by atoms with E-state index in [1.54, 1.807) is 26.9 Å². The predicted octanol–water partition coefficient (Wildman–Crippen LogP) is 4.24. The van der Waals surface area contributed by atoms with E-state index >= 15 is 0 Å². The van der Waals surface area contributed by atoms with Gasteiger partial charge in [0, 0.05) is 22.6 Å². The van der Waals surface area contributed by atoms with Crippen LogP contribution in [0.2, 0.25) is 0 Å². The lowest BCUT2D eigenvalue weighted by Crippen LogP contribution is -2.21. The summed E-state index contributed by atoms with van der Waals surface area (Å²) in [6, 6.07) is 15.9. The van der Waals surface area contributed by atoms with Crippen molar-refractivity contribution in [2.45, 2.75) is 17.8 Å². The fourth-order valence-corrected chi connectivity index (χ4v) is 3.96. The van der Waals surface area contributed by atoms with Gasteiger partial charge in [0.05, 0.1) is 5.69 Å². The maximum atomic E-state index is 12.9. The Morgan fingerprint density at radius 1 is 1.04 bits per heavy atom. The molecule has 0 aliphatic carbocycles. The standard InChI is InChI=1S/C19H15BrN4OS/c1-13-15(20)8-5-9-16(13)23-10-11-24-17(18(23)25)21-22-19(24)26-12-14-6-3-2-4-7-14/h2-11H,12H2,1H3. The second-order valence-electron chi connectivity index (χ2n) is 5.81. The lowest BCUT2D eigenvalue weighted by atomic mass is 10.2. The van der Waals surface area contributed by atoms with Crippen LogP contribution in [0.1, 0.15) is 11.1 Å². The maximum absolute atomic E-state index is 12.9. The van der Waals surface area contributed by atoms with Crippen LogP contribution in [0.15, 0.2) is 75.3 Å². The van der Waals surface area contributed by atoms with Crippen LogP contribution in [-0.4, -0.2) is 19.2 Å². The summed E-state index contributed by atoms with van der Waals surface area (Å²) in [4.78, 5) is 12.9. The van der Waals surface area contributed by atoms with Crippen LogP contribution in [0.5, 0.6) is 0 Å². The highest BCUT2D eigenvalue weighted by Crippen LogP contribution is 2.23. The van der Waals surface area contributed by atoms with E-state index in [0.29, 0.717) is 10.8 Å². The molecule has 2 aromatic carbocycles. The second-order valence-corrected chi connectivity index (χ2v) is 7.60. The highest BCUT2D eigenvalue weighted by atomic mass is 79.9. The molecule has 0 atom stereocenters. The van der Waals surface area contributed by atoms with Crippen molar-refractivity contribution in [2.24, 2.45) is 0 Å². The molecule has 7 heteroatoms. The van der Waals surface area contributed by atoms with Crippen LogP contribution < -0.4 is 5.56 Å². The average molecular weight is 427 g/mol. The van der Waals surface area contributed by atoms with Gasteiger partial charge in [0.25, 0.3) is 0 Å². The molecule has 0 spiro atoms. The Morgan fingerprint density at radius 3 is 2.65 bits per heavy atom. The van der Waals surface area contributed by atoms with Crippen molar-refractivity contribution in [1.82, 2.24) is 19.2 Å². The van der Waals surface area contributed by atoms with Gasteiger partial charge >= 0.3 is 5.56 Å². The molecule has 0 amide bonds. The highest BCUT2D eigenvalue weighted by molar-refractivity contribution is 9.10. The average Bonchev–Trinajstić information content (AvgIpc) is 3.08. The van der Waals surface area contributed by atoms with Crippen LogP contribution in [0.4, 0.5) is 0 Å². The van der Waals surface area contributed by atoms with Gasteiger partial charge < -0.3 is 0 Å². The Kier molecular flexibility index (Phi) is 4.65. The number of hydrogen-bond acceptors (Lipinski definition) is 4. The van der Waals surface area contributed by atoms with Gasteiger partial charge in [-0.15, -0.1) is 10.2 Å². The molecule has 0 bridgehead atoms. The molecule has 2 aromatic heterocycles. The summed E-state index contributed by atoms with van der Waals surface area (Å²) in [6.45, 7) is 1.97. The molecule has 26 heavy (non-hydrogen) atoms. The molecule has 4 rings (SSSR count). The molecule has 0 aliphatic heterocycles. The summed E-state index contributed by atoms with van der Waals surface area (Å²) in [7, 11) is 0. The summed E-state index contributed by atoms with van der Waals surface area (Å²) < 4.78 is 4.32. The number of nitrogens with zero attached hydrogens (tertiary/aromatic N) is 4. The molecule has 0 N–H and O–H groups in total. The Hall–Kier alpha value is -2.38. The molecular formula is C19H15BrN4OS. The van der Waals surface area contributed by atoms with E-state index in [-0.39, 0.29) is 5.56 Å². The highest BCUT2D eigenvalue weighted by Gasteiger charge is 2.13. The predicted molar refractivity (Wildman–Crippen MR) is 107 cm³/mol. The Morgan fingerprint density at radius 2 is 1.85 bits per heavy atom. The normalized spacial score (nSPS) is 11.2. The summed E-state index contributed by atoms with van der Waals surface area (Å²) in [5.41, 5.74) is 3.16. The van der Waals surface area contributed by atoms with Crippen LogP contribution in [-0.2, 0) is 5.75 Å². The monoisotopic (exact) mass is 426 g/mol. The minimum absolute atomic E-state index is 0.187.